The fraction of sp³-hybridized carbons (Fsp3) is 0.414. The first kappa shape index (κ1) is 23.3. The molecule has 1 heterocycles. The summed E-state index contributed by atoms with van der Waals surface area (Å²) < 4.78 is 5.65. The number of hydrogen-bond donors (Lipinski definition) is 2. The van der Waals surface area contributed by atoms with Crippen molar-refractivity contribution in [3.63, 3.8) is 0 Å². The average molecular weight is 472 g/mol. The average Bonchev–Trinajstić information content (AvgIpc) is 3.69. The molecule has 0 unspecified atom stereocenters. The lowest BCUT2D eigenvalue weighted by atomic mass is 9.87. The maximum atomic E-state index is 12.8. The minimum Gasteiger partial charge on any atom is -0.496 e. The van der Waals surface area contributed by atoms with E-state index in [1.165, 1.54) is 0 Å². The van der Waals surface area contributed by atoms with Crippen LogP contribution in [-0.4, -0.2) is 29.8 Å². The molecule has 35 heavy (non-hydrogen) atoms. The third-order valence-electron chi connectivity index (χ3n) is 7.51. The molecule has 0 spiro atoms. The van der Waals surface area contributed by atoms with Crippen LogP contribution in [0.1, 0.15) is 72.6 Å². The second-order valence-electron chi connectivity index (χ2n) is 10.2. The van der Waals surface area contributed by atoms with Crippen molar-refractivity contribution in [2.24, 2.45) is 11.8 Å². The summed E-state index contributed by atoms with van der Waals surface area (Å²) in [5.41, 5.74) is 10.5. The van der Waals surface area contributed by atoms with E-state index in [0.717, 1.165) is 61.0 Å². The Labute approximate surface area is 206 Å². The fourth-order valence-corrected chi connectivity index (χ4v) is 5.03. The minimum atomic E-state index is -0.0335. The van der Waals surface area contributed by atoms with Crippen molar-refractivity contribution in [3.8, 4) is 16.9 Å². The summed E-state index contributed by atoms with van der Waals surface area (Å²) in [6, 6.07) is 11.6. The molecule has 0 atom stereocenters. The van der Waals surface area contributed by atoms with Gasteiger partial charge in [-0.25, -0.2) is 0 Å². The Kier molecular flexibility index (Phi) is 6.46. The van der Waals surface area contributed by atoms with Crippen molar-refractivity contribution in [1.29, 1.82) is 0 Å². The summed E-state index contributed by atoms with van der Waals surface area (Å²) in [6.07, 6.45) is 8.75. The van der Waals surface area contributed by atoms with Crippen LogP contribution < -0.4 is 15.8 Å². The molecule has 182 valence electrons. The molecule has 6 heteroatoms. The highest BCUT2D eigenvalue weighted by Crippen LogP contribution is 2.38. The van der Waals surface area contributed by atoms with Gasteiger partial charge in [-0.05, 0) is 74.1 Å². The molecule has 2 aliphatic carbocycles. The van der Waals surface area contributed by atoms with E-state index in [-0.39, 0.29) is 17.7 Å². The van der Waals surface area contributed by atoms with Crippen molar-refractivity contribution in [2.45, 2.75) is 57.9 Å². The number of carbonyl (C=O) groups is 2. The van der Waals surface area contributed by atoms with E-state index in [2.05, 4.69) is 17.2 Å². The van der Waals surface area contributed by atoms with E-state index >= 15 is 0 Å². The number of ketones is 1. The predicted molar refractivity (Wildman–Crippen MR) is 139 cm³/mol. The van der Waals surface area contributed by atoms with Gasteiger partial charge in [0.2, 0.25) is 0 Å². The first-order valence-electron chi connectivity index (χ1n) is 12.6. The number of ether oxygens (including phenoxy) is 1. The van der Waals surface area contributed by atoms with Gasteiger partial charge >= 0.3 is 0 Å². The molecule has 6 nitrogen and oxygen atoms in total. The smallest absolute Gasteiger partial charge is 0.251 e. The summed E-state index contributed by atoms with van der Waals surface area (Å²) in [5.74, 6) is 1.92. The van der Waals surface area contributed by atoms with Gasteiger partial charge in [-0.1, -0.05) is 19.1 Å². The number of fused-ring (bicyclic) bond motifs is 1. The Morgan fingerprint density at radius 3 is 2.43 bits per heavy atom. The lowest BCUT2D eigenvalue weighted by molar-refractivity contribution is 0.0921. The van der Waals surface area contributed by atoms with E-state index in [0.29, 0.717) is 40.4 Å². The molecule has 0 bridgehead atoms. The standard InChI is InChI=1S/C29H33N3O3/c1-17-3-11-21(12-4-17)32-29(34)20-9-7-19(8-10-20)22-14-23-25(15-27(22)35-2)31-16-24(28(23)30)26(33)13-18-5-6-18/h7-10,14-18,21H,3-6,11-13H2,1-2H3,(H2,30,31)(H,32,34). The first-order valence-corrected chi connectivity index (χ1v) is 12.6. The molecule has 2 fully saturated rings. The highest BCUT2D eigenvalue weighted by Gasteiger charge is 2.26. The van der Waals surface area contributed by atoms with Crippen LogP contribution in [0.5, 0.6) is 5.75 Å². The van der Waals surface area contributed by atoms with Gasteiger partial charge in [-0.2, -0.15) is 0 Å². The summed E-state index contributed by atoms with van der Waals surface area (Å²) in [4.78, 5) is 30.0. The third-order valence-corrected chi connectivity index (χ3v) is 7.51. The van der Waals surface area contributed by atoms with Gasteiger partial charge in [0.15, 0.2) is 5.78 Å². The van der Waals surface area contributed by atoms with Gasteiger partial charge in [0.25, 0.3) is 5.91 Å². The topological polar surface area (TPSA) is 94.3 Å². The van der Waals surface area contributed by atoms with E-state index in [4.69, 9.17) is 10.5 Å². The summed E-state index contributed by atoms with van der Waals surface area (Å²) in [6.45, 7) is 2.27. The lowest BCUT2D eigenvalue weighted by Crippen LogP contribution is -2.37. The first-order chi connectivity index (χ1) is 16.9. The number of amides is 1. The molecule has 3 aromatic rings. The van der Waals surface area contributed by atoms with E-state index < -0.39 is 0 Å². The van der Waals surface area contributed by atoms with E-state index in [9.17, 15) is 9.59 Å². The molecule has 0 radical (unpaired) electrons. The number of hydrogen-bond acceptors (Lipinski definition) is 5. The SMILES string of the molecule is COc1cc2ncc(C(=O)CC3CC3)c(N)c2cc1-c1ccc(C(=O)NC2CCC(C)CC2)cc1. The van der Waals surface area contributed by atoms with Crippen molar-refractivity contribution < 1.29 is 14.3 Å². The van der Waals surface area contributed by atoms with Gasteiger partial charge in [-0.3, -0.25) is 14.6 Å². The van der Waals surface area contributed by atoms with Crippen LogP contribution in [0, 0.1) is 11.8 Å². The van der Waals surface area contributed by atoms with Crippen molar-refractivity contribution in [2.75, 3.05) is 12.8 Å². The van der Waals surface area contributed by atoms with Crippen LogP contribution in [0.3, 0.4) is 0 Å². The van der Waals surface area contributed by atoms with Crippen molar-refractivity contribution >= 4 is 28.3 Å². The quantitative estimate of drug-likeness (QED) is 0.426. The fourth-order valence-electron chi connectivity index (χ4n) is 5.03. The largest absolute Gasteiger partial charge is 0.496 e. The number of anilines is 1. The second kappa shape index (κ2) is 9.68. The highest BCUT2D eigenvalue weighted by atomic mass is 16.5. The summed E-state index contributed by atoms with van der Waals surface area (Å²) >= 11 is 0. The molecule has 1 aromatic heterocycles. The molecule has 0 aliphatic heterocycles. The monoisotopic (exact) mass is 471 g/mol. The van der Waals surface area contributed by atoms with E-state index in [1.54, 1.807) is 13.3 Å². The van der Waals surface area contributed by atoms with Crippen LogP contribution in [0.4, 0.5) is 5.69 Å². The Balaban J connectivity index is 1.41. The number of carbonyl (C=O) groups excluding carboxylic acids is 2. The Hall–Kier alpha value is -3.41. The number of Topliss-reactive ketones (excluding diaryl/α,β-unsaturated/α-hetero) is 1. The number of nitrogen functional groups attached to an aromatic ring is 1. The van der Waals surface area contributed by atoms with Crippen molar-refractivity contribution in [3.05, 3.63) is 53.7 Å². The number of pyridine rings is 1. The lowest BCUT2D eigenvalue weighted by Gasteiger charge is -2.26. The van der Waals surface area contributed by atoms with Crippen LogP contribution in [0.15, 0.2) is 42.6 Å². The van der Waals surface area contributed by atoms with Gasteiger partial charge in [0.1, 0.15) is 5.75 Å². The van der Waals surface area contributed by atoms with Gasteiger partial charge in [-0.15, -0.1) is 0 Å². The van der Waals surface area contributed by atoms with Crippen LogP contribution in [-0.2, 0) is 0 Å². The van der Waals surface area contributed by atoms with Gasteiger partial charge in [0, 0.05) is 41.2 Å². The van der Waals surface area contributed by atoms with Gasteiger partial charge < -0.3 is 15.8 Å². The van der Waals surface area contributed by atoms with Gasteiger partial charge in [0.05, 0.1) is 23.9 Å². The number of nitrogens with two attached hydrogens (primary N) is 1. The predicted octanol–water partition coefficient (Wildman–Crippen LogP) is 5.78. The Morgan fingerprint density at radius 2 is 1.77 bits per heavy atom. The highest BCUT2D eigenvalue weighted by molar-refractivity contribution is 6.08. The molecule has 2 aromatic carbocycles. The number of methoxy groups -OCH3 is 1. The maximum Gasteiger partial charge on any atom is 0.251 e. The number of benzene rings is 2. The van der Waals surface area contributed by atoms with E-state index in [1.807, 2.05) is 36.4 Å². The molecule has 2 saturated carbocycles. The maximum absolute atomic E-state index is 12.8. The van der Waals surface area contributed by atoms with Crippen LogP contribution >= 0.6 is 0 Å². The molecule has 3 N–H and O–H groups in total. The molecule has 2 aliphatic rings. The zero-order valence-corrected chi connectivity index (χ0v) is 20.5. The summed E-state index contributed by atoms with van der Waals surface area (Å²) in [5, 5.41) is 3.92. The van der Waals surface area contributed by atoms with Crippen molar-refractivity contribution in [1.82, 2.24) is 10.3 Å². The Morgan fingerprint density at radius 1 is 1.06 bits per heavy atom. The molecule has 0 saturated heterocycles. The molecule has 5 rings (SSSR count). The molecular weight excluding hydrogens is 438 g/mol. The third kappa shape index (κ3) is 5.02. The Bertz CT molecular complexity index is 1260. The number of rotatable bonds is 7. The number of aromatic nitrogens is 1. The van der Waals surface area contributed by atoms with Crippen LogP contribution in [0.2, 0.25) is 0 Å². The second-order valence-corrected chi connectivity index (χ2v) is 10.2. The number of nitrogens with one attached hydrogen (secondary N) is 1. The minimum absolute atomic E-state index is 0.0335. The molecule has 1 amide bonds. The number of nitrogens with zero attached hydrogens (tertiary/aromatic N) is 1. The normalized spacial score (nSPS) is 19.9. The molecular formula is C29H33N3O3. The summed E-state index contributed by atoms with van der Waals surface area (Å²) in [7, 11) is 1.62. The zero-order valence-electron chi connectivity index (χ0n) is 20.5. The van der Waals surface area contributed by atoms with Crippen LogP contribution in [0.25, 0.3) is 22.0 Å². The zero-order chi connectivity index (χ0) is 24.5.